The summed E-state index contributed by atoms with van der Waals surface area (Å²) in [5.41, 5.74) is 10.2. The Labute approximate surface area is 184 Å². The molecule has 32 heavy (non-hydrogen) atoms. The number of anilines is 2. The van der Waals surface area contributed by atoms with Crippen LogP contribution in [0.3, 0.4) is 0 Å². The highest BCUT2D eigenvalue weighted by Crippen LogP contribution is 2.34. The summed E-state index contributed by atoms with van der Waals surface area (Å²) in [5, 5.41) is 8.50. The number of imidazole rings is 1. The summed E-state index contributed by atoms with van der Waals surface area (Å²) >= 11 is 0. The van der Waals surface area contributed by atoms with Gasteiger partial charge in [-0.05, 0) is 47.5 Å². The van der Waals surface area contributed by atoms with Gasteiger partial charge in [0.25, 0.3) is 0 Å². The molecule has 1 aliphatic carbocycles. The van der Waals surface area contributed by atoms with Crippen molar-refractivity contribution in [3.8, 4) is 11.3 Å². The van der Waals surface area contributed by atoms with E-state index in [1.165, 1.54) is 16.5 Å². The highest BCUT2D eigenvalue weighted by atomic mass is 15.1. The van der Waals surface area contributed by atoms with Gasteiger partial charge in [0.15, 0.2) is 0 Å². The highest BCUT2D eigenvalue weighted by molar-refractivity contribution is 5.91. The molecule has 3 aromatic carbocycles. The van der Waals surface area contributed by atoms with Crippen LogP contribution in [0.15, 0.2) is 91.3 Å². The van der Waals surface area contributed by atoms with Gasteiger partial charge in [-0.1, -0.05) is 48.6 Å². The Balaban J connectivity index is 1.23. The van der Waals surface area contributed by atoms with Crippen molar-refractivity contribution >= 4 is 38.9 Å². The van der Waals surface area contributed by atoms with E-state index in [9.17, 15) is 0 Å². The maximum absolute atomic E-state index is 4.31. The molecular weight excluding hydrogens is 394 g/mol. The minimum atomic E-state index is 0.223. The third-order valence-corrected chi connectivity index (χ3v) is 6.49. The zero-order chi connectivity index (χ0) is 21.1. The van der Waals surface area contributed by atoms with E-state index in [0.29, 0.717) is 0 Å². The summed E-state index contributed by atoms with van der Waals surface area (Å²) in [6.45, 7) is 0. The second-order valence-electron chi connectivity index (χ2n) is 8.49. The van der Waals surface area contributed by atoms with Gasteiger partial charge in [0.2, 0.25) is 0 Å². The lowest BCUT2D eigenvalue weighted by Crippen LogP contribution is -2.41. The van der Waals surface area contributed by atoms with E-state index in [1.54, 1.807) is 6.33 Å². The van der Waals surface area contributed by atoms with E-state index in [-0.39, 0.29) is 12.1 Å². The molecule has 7 rings (SSSR count). The fraction of sp³-hybridized carbons (Fsp3) is 0.0741. The minimum Gasteiger partial charge on any atom is -0.375 e. The van der Waals surface area contributed by atoms with Crippen LogP contribution in [-0.4, -0.2) is 27.0 Å². The molecule has 3 heterocycles. The zero-order valence-electron chi connectivity index (χ0n) is 17.3. The molecule has 0 saturated heterocycles. The molecule has 1 aliphatic heterocycles. The number of hydrogen-bond donors (Lipinski definition) is 4. The molecule has 5 heteroatoms. The zero-order valence-corrected chi connectivity index (χ0v) is 17.3. The molecule has 2 aromatic heterocycles. The Morgan fingerprint density at radius 2 is 1.56 bits per heavy atom. The van der Waals surface area contributed by atoms with Gasteiger partial charge in [0.05, 0.1) is 40.8 Å². The van der Waals surface area contributed by atoms with Crippen LogP contribution in [0.2, 0.25) is 0 Å². The molecule has 0 spiro atoms. The Bertz CT molecular complexity index is 1550. The van der Waals surface area contributed by atoms with Gasteiger partial charge in [-0.25, -0.2) is 4.98 Å². The Morgan fingerprint density at radius 1 is 0.750 bits per heavy atom. The number of aromatic amines is 2. The molecule has 0 fully saturated rings. The molecule has 0 bridgehead atoms. The summed E-state index contributed by atoms with van der Waals surface area (Å²) in [6.07, 6.45) is 8.54. The molecule has 2 unspecified atom stereocenters. The predicted octanol–water partition coefficient (Wildman–Crippen LogP) is 5.94. The third kappa shape index (κ3) is 2.75. The van der Waals surface area contributed by atoms with Crippen LogP contribution in [-0.2, 0) is 0 Å². The topological polar surface area (TPSA) is 68.5 Å². The largest absolute Gasteiger partial charge is 0.375 e. The lowest BCUT2D eigenvalue weighted by atomic mass is 9.91. The first kappa shape index (κ1) is 17.4. The van der Waals surface area contributed by atoms with Crippen molar-refractivity contribution in [1.29, 1.82) is 0 Å². The highest BCUT2D eigenvalue weighted by Gasteiger charge is 2.26. The Hall–Kier alpha value is -4.25. The molecule has 5 nitrogen and oxygen atoms in total. The number of nitrogens with zero attached hydrogens (tertiary/aromatic N) is 1. The smallest absolute Gasteiger partial charge is 0.0931 e. The normalized spacial score (nSPS) is 19.2. The van der Waals surface area contributed by atoms with Crippen LogP contribution in [0, 0.1) is 0 Å². The first-order valence-electron chi connectivity index (χ1n) is 10.9. The summed E-state index contributed by atoms with van der Waals surface area (Å²) in [6, 6.07) is 24.0. The number of allylic oxidation sites excluding steroid dienone is 2. The van der Waals surface area contributed by atoms with Gasteiger partial charge in [-0.3, -0.25) is 0 Å². The van der Waals surface area contributed by atoms with Crippen molar-refractivity contribution in [3.63, 3.8) is 0 Å². The second kappa shape index (κ2) is 6.62. The quantitative estimate of drug-likeness (QED) is 0.288. The minimum absolute atomic E-state index is 0.223. The molecule has 5 aromatic rings. The molecule has 0 saturated carbocycles. The van der Waals surface area contributed by atoms with Crippen molar-refractivity contribution in [2.45, 2.75) is 12.1 Å². The molecular formula is C27H21N5. The van der Waals surface area contributed by atoms with Crippen molar-refractivity contribution in [2.75, 3.05) is 10.6 Å². The molecule has 4 N–H and O–H groups in total. The van der Waals surface area contributed by atoms with Gasteiger partial charge < -0.3 is 20.6 Å². The summed E-state index contributed by atoms with van der Waals surface area (Å²) in [5.74, 6) is 0. The van der Waals surface area contributed by atoms with Crippen LogP contribution < -0.4 is 10.6 Å². The van der Waals surface area contributed by atoms with E-state index in [2.05, 4.69) is 111 Å². The molecule has 0 radical (unpaired) electrons. The van der Waals surface area contributed by atoms with Crippen LogP contribution in [0.25, 0.3) is 38.8 Å². The van der Waals surface area contributed by atoms with E-state index < -0.39 is 0 Å². The first-order chi connectivity index (χ1) is 15.8. The van der Waals surface area contributed by atoms with E-state index >= 15 is 0 Å². The van der Waals surface area contributed by atoms with Gasteiger partial charge in [-0.15, -0.1) is 0 Å². The Morgan fingerprint density at radius 3 is 2.47 bits per heavy atom. The SMILES string of the molecule is C1=CC2Nc3ccccc3NC2C=C1c1ccc2cc(-c3ccc4nc[nH]c4c3)[nH]c2c1. The molecule has 0 amide bonds. The number of aromatic nitrogens is 3. The molecule has 2 aliphatic rings. The second-order valence-corrected chi connectivity index (χ2v) is 8.49. The van der Waals surface area contributed by atoms with Crippen molar-refractivity contribution in [1.82, 2.24) is 15.0 Å². The number of benzene rings is 3. The maximum Gasteiger partial charge on any atom is 0.0931 e. The number of hydrogen-bond acceptors (Lipinski definition) is 3. The van der Waals surface area contributed by atoms with E-state index in [4.69, 9.17) is 0 Å². The fourth-order valence-electron chi connectivity index (χ4n) is 4.80. The first-order valence-corrected chi connectivity index (χ1v) is 10.9. The van der Waals surface area contributed by atoms with Crippen LogP contribution in [0.1, 0.15) is 5.56 Å². The van der Waals surface area contributed by atoms with E-state index in [1.807, 2.05) is 0 Å². The number of H-pyrrole nitrogens is 2. The monoisotopic (exact) mass is 415 g/mol. The Kier molecular flexibility index (Phi) is 3.61. The number of nitrogens with one attached hydrogen (secondary N) is 4. The van der Waals surface area contributed by atoms with Gasteiger partial charge in [0.1, 0.15) is 0 Å². The van der Waals surface area contributed by atoms with Gasteiger partial charge in [0, 0.05) is 22.2 Å². The lowest BCUT2D eigenvalue weighted by molar-refractivity contribution is 0.767. The average molecular weight is 416 g/mol. The standard InChI is InChI=1S/C27H21N5/c1-2-4-22-21(3-1)30-23-10-7-17(12-27(23)31-22)16-5-6-18-13-25(32-24(18)11-16)19-8-9-20-26(14-19)29-15-28-20/h1-15,23,27,30-32H,(H,28,29). The van der Waals surface area contributed by atoms with Crippen LogP contribution in [0.5, 0.6) is 0 Å². The van der Waals surface area contributed by atoms with Crippen LogP contribution >= 0.6 is 0 Å². The van der Waals surface area contributed by atoms with Crippen molar-refractivity contribution < 1.29 is 0 Å². The summed E-state index contributed by atoms with van der Waals surface area (Å²) in [4.78, 5) is 11.1. The van der Waals surface area contributed by atoms with E-state index in [0.717, 1.165) is 39.2 Å². The van der Waals surface area contributed by atoms with Crippen molar-refractivity contribution in [3.05, 3.63) is 96.8 Å². The van der Waals surface area contributed by atoms with Crippen molar-refractivity contribution in [2.24, 2.45) is 0 Å². The molecule has 154 valence electrons. The third-order valence-electron chi connectivity index (χ3n) is 6.49. The maximum atomic E-state index is 4.31. The predicted molar refractivity (Wildman–Crippen MR) is 132 cm³/mol. The van der Waals surface area contributed by atoms with Gasteiger partial charge >= 0.3 is 0 Å². The summed E-state index contributed by atoms with van der Waals surface area (Å²) < 4.78 is 0. The fourth-order valence-corrected chi connectivity index (χ4v) is 4.80. The van der Waals surface area contributed by atoms with Crippen LogP contribution in [0.4, 0.5) is 11.4 Å². The average Bonchev–Trinajstić information content (AvgIpc) is 3.48. The number of fused-ring (bicyclic) bond motifs is 4. The molecule has 2 atom stereocenters. The lowest BCUT2D eigenvalue weighted by Gasteiger charge is -2.35. The number of rotatable bonds is 2. The summed E-state index contributed by atoms with van der Waals surface area (Å²) in [7, 11) is 0. The number of para-hydroxylation sites is 2. The van der Waals surface area contributed by atoms with Gasteiger partial charge in [-0.2, -0.15) is 0 Å².